The van der Waals surface area contributed by atoms with E-state index in [1.54, 1.807) is 17.5 Å². The molecule has 0 saturated heterocycles. The Hall–Kier alpha value is -1.86. The summed E-state index contributed by atoms with van der Waals surface area (Å²) in [6.45, 7) is 0.421. The number of urea groups is 1. The number of rotatable bonds is 5. The van der Waals surface area contributed by atoms with Crippen molar-refractivity contribution < 1.29 is 9.59 Å². The minimum absolute atomic E-state index is 0.156. The zero-order chi connectivity index (χ0) is 14.2. The molecular formula is C13H13N3O2S2. The maximum absolute atomic E-state index is 11.6. The van der Waals surface area contributed by atoms with Crippen LogP contribution in [0.2, 0.25) is 0 Å². The maximum atomic E-state index is 11.6. The number of amides is 3. The smallest absolute Gasteiger partial charge is 0.321 e. The summed E-state index contributed by atoms with van der Waals surface area (Å²) >= 11 is 2.84. The second-order valence-electron chi connectivity index (χ2n) is 3.77. The van der Waals surface area contributed by atoms with Gasteiger partial charge in [0.2, 0.25) is 5.91 Å². The molecule has 2 aromatic heterocycles. The molecule has 0 fully saturated rings. The summed E-state index contributed by atoms with van der Waals surface area (Å²) in [5.74, 6) is -0.187. The number of hydrogen-bond donors (Lipinski definition) is 2. The van der Waals surface area contributed by atoms with Gasteiger partial charge >= 0.3 is 6.03 Å². The van der Waals surface area contributed by atoms with Gasteiger partial charge in [0.15, 0.2) is 0 Å². The first-order valence-corrected chi connectivity index (χ1v) is 7.74. The van der Waals surface area contributed by atoms with Crippen LogP contribution in [0.3, 0.4) is 0 Å². The molecule has 2 N–H and O–H groups in total. The van der Waals surface area contributed by atoms with E-state index in [0.717, 1.165) is 9.90 Å². The quantitative estimate of drug-likeness (QED) is 0.831. The molecule has 0 atom stereocenters. The number of nitrogens with zero attached hydrogens (tertiary/aromatic N) is 1. The van der Waals surface area contributed by atoms with Gasteiger partial charge < -0.3 is 5.32 Å². The fourth-order valence-corrected chi connectivity index (χ4v) is 2.67. The van der Waals surface area contributed by atoms with Crippen molar-refractivity contribution in [1.82, 2.24) is 15.6 Å². The summed E-state index contributed by atoms with van der Waals surface area (Å²) in [4.78, 5) is 28.2. The second-order valence-corrected chi connectivity index (χ2v) is 5.79. The Labute approximate surface area is 124 Å². The maximum Gasteiger partial charge on any atom is 0.321 e. The molecule has 0 unspecified atom stereocenters. The summed E-state index contributed by atoms with van der Waals surface area (Å²) in [7, 11) is 0. The van der Waals surface area contributed by atoms with Crippen LogP contribution in [0.4, 0.5) is 4.79 Å². The lowest BCUT2D eigenvalue weighted by Gasteiger charge is -2.05. The normalized spacial score (nSPS) is 10.0. The number of imide groups is 1. The third-order valence-corrected chi connectivity index (χ3v) is 4.07. The molecule has 0 radical (unpaired) electrons. The highest BCUT2D eigenvalue weighted by Crippen LogP contribution is 2.13. The van der Waals surface area contributed by atoms with E-state index in [1.807, 2.05) is 35.7 Å². The summed E-state index contributed by atoms with van der Waals surface area (Å²) in [5, 5.41) is 7.59. The molecule has 0 aliphatic heterocycles. The Bertz CT molecular complexity index is 558. The Morgan fingerprint density at radius 1 is 1.25 bits per heavy atom. The van der Waals surface area contributed by atoms with Gasteiger partial charge in [-0.15, -0.1) is 11.3 Å². The average Bonchev–Trinajstić information content (AvgIpc) is 2.97. The van der Waals surface area contributed by atoms with E-state index < -0.39 is 6.03 Å². The number of hydrogen-bond acceptors (Lipinski definition) is 5. The molecule has 0 aromatic carbocycles. The predicted molar refractivity (Wildman–Crippen MR) is 79.7 cm³/mol. The zero-order valence-corrected chi connectivity index (χ0v) is 12.2. The first-order chi connectivity index (χ1) is 9.74. The van der Waals surface area contributed by atoms with Gasteiger partial charge in [0.25, 0.3) is 0 Å². The SMILES string of the molecule is O=C(CSc1ccccn1)NC(=O)NCc1cccs1. The van der Waals surface area contributed by atoms with Crippen molar-refractivity contribution in [2.45, 2.75) is 11.6 Å². The lowest BCUT2D eigenvalue weighted by molar-refractivity contribution is -0.117. The molecule has 0 spiro atoms. The van der Waals surface area contributed by atoms with Gasteiger partial charge in [0.1, 0.15) is 0 Å². The number of nitrogens with one attached hydrogen (secondary N) is 2. The zero-order valence-electron chi connectivity index (χ0n) is 10.5. The van der Waals surface area contributed by atoms with Crippen molar-refractivity contribution in [3.63, 3.8) is 0 Å². The standard InChI is InChI=1S/C13H13N3O2S2/c17-11(9-20-12-5-1-2-6-14-12)16-13(18)15-8-10-4-3-7-19-10/h1-7H,8-9H2,(H2,15,16,17,18). The first-order valence-electron chi connectivity index (χ1n) is 5.88. The van der Waals surface area contributed by atoms with Crippen LogP contribution in [0, 0.1) is 0 Å². The molecule has 2 heterocycles. The van der Waals surface area contributed by atoms with Crippen molar-refractivity contribution in [3.8, 4) is 0 Å². The number of thiophene rings is 1. The minimum Gasteiger partial charge on any atom is -0.333 e. The second kappa shape index (κ2) is 7.66. The van der Waals surface area contributed by atoms with Gasteiger partial charge in [-0.2, -0.15) is 0 Å². The van der Waals surface area contributed by atoms with Crippen LogP contribution in [-0.2, 0) is 11.3 Å². The van der Waals surface area contributed by atoms with E-state index in [4.69, 9.17) is 0 Å². The van der Waals surface area contributed by atoms with E-state index in [2.05, 4.69) is 15.6 Å². The van der Waals surface area contributed by atoms with Gasteiger partial charge in [-0.05, 0) is 23.6 Å². The number of thioether (sulfide) groups is 1. The first kappa shape index (κ1) is 14.5. The number of pyridine rings is 1. The predicted octanol–water partition coefficient (Wildman–Crippen LogP) is 2.26. The molecule has 0 saturated carbocycles. The lowest BCUT2D eigenvalue weighted by atomic mass is 10.5. The van der Waals surface area contributed by atoms with Crippen LogP contribution in [0.5, 0.6) is 0 Å². The molecule has 2 rings (SSSR count). The molecular weight excluding hydrogens is 294 g/mol. The summed E-state index contributed by atoms with van der Waals surface area (Å²) in [6.07, 6.45) is 1.66. The number of aromatic nitrogens is 1. The molecule has 5 nitrogen and oxygen atoms in total. The lowest BCUT2D eigenvalue weighted by Crippen LogP contribution is -2.39. The summed E-state index contributed by atoms with van der Waals surface area (Å²) < 4.78 is 0. The molecule has 2 aromatic rings. The highest BCUT2D eigenvalue weighted by molar-refractivity contribution is 7.99. The van der Waals surface area contributed by atoms with Crippen molar-refractivity contribution in [1.29, 1.82) is 0 Å². The fraction of sp³-hybridized carbons (Fsp3) is 0.154. The minimum atomic E-state index is -0.481. The Kier molecular flexibility index (Phi) is 5.57. The van der Waals surface area contributed by atoms with E-state index >= 15 is 0 Å². The third-order valence-electron chi connectivity index (χ3n) is 2.25. The molecule has 20 heavy (non-hydrogen) atoms. The summed E-state index contributed by atoms with van der Waals surface area (Å²) in [6, 6.07) is 8.82. The Balaban J connectivity index is 1.67. The van der Waals surface area contributed by atoms with Crippen LogP contribution in [0.15, 0.2) is 46.9 Å². The van der Waals surface area contributed by atoms with Crippen molar-refractivity contribution in [3.05, 3.63) is 46.8 Å². The van der Waals surface area contributed by atoms with Gasteiger partial charge in [0, 0.05) is 11.1 Å². The summed E-state index contributed by atoms with van der Waals surface area (Å²) in [5.41, 5.74) is 0. The molecule has 7 heteroatoms. The van der Waals surface area contributed by atoms with Crippen molar-refractivity contribution in [2.75, 3.05) is 5.75 Å². The van der Waals surface area contributed by atoms with Gasteiger partial charge in [0.05, 0.1) is 17.3 Å². The van der Waals surface area contributed by atoms with Gasteiger partial charge in [-0.25, -0.2) is 9.78 Å². The van der Waals surface area contributed by atoms with Crippen molar-refractivity contribution >= 4 is 35.0 Å². The highest BCUT2D eigenvalue weighted by Gasteiger charge is 2.08. The van der Waals surface area contributed by atoms with Crippen LogP contribution >= 0.6 is 23.1 Å². The van der Waals surface area contributed by atoms with E-state index in [9.17, 15) is 9.59 Å². The average molecular weight is 307 g/mol. The fourth-order valence-electron chi connectivity index (χ4n) is 1.36. The Morgan fingerprint density at radius 3 is 2.85 bits per heavy atom. The third kappa shape index (κ3) is 5.02. The molecule has 0 aliphatic rings. The van der Waals surface area contributed by atoms with Crippen molar-refractivity contribution in [2.24, 2.45) is 0 Å². The van der Waals surface area contributed by atoms with E-state index in [-0.39, 0.29) is 11.7 Å². The Morgan fingerprint density at radius 2 is 2.15 bits per heavy atom. The van der Waals surface area contributed by atoms with E-state index in [1.165, 1.54) is 11.8 Å². The van der Waals surface area contributed by atoms with Crippen LogP contribution in [-0.4, -0.2) is 22.7 Å². The molecule has 104 valence electrons. The van der Waals surface area contributed by atoms with Gasteiger partial charge in [-0.3, -0.25) is 10.1 Å². The van der Waals surface area contributed by atoms with Crippen LogP contribution in [0.25, 0.3) is 0 Å². The van der Waals surface area contributed by atoms with Crippen LogP contribution < -0.4 is 10.6 Å². The topological polar surface area (TPSA) is 71.1 Å². The van der Waals surface area contributed by atoms with E-state index in [0.29, 0.717) is 6.54 Å². The van der Waals surface area contributed by atoms with Gasteiger partial charge in [-0.1, -0.05) is 23.9 Å². The molecule has 0 bridgehead atoms. The molecule has 0 aliphatic carbocycles. The number of carbonyl (C=O) groups excluding carboxylic acids is 2. The monoisotopic (exact) mass is 307 g/mol. The largest absolute Gasteiger partial charge is 0.333 e. The number of carbonyl (C=O) groups is 2. The highest BCUT2D eigenvalue weighted by atomic mass is 32.2. The molecule has 3 amide bonds. The van der Waals surface area contributed by atoms with Crippen LogP contribution in [0.1, 0.15) is 4.88 Å².